The monoisotopic (exact) mass is 450 g/mol. The van der Waals surface area contributed by atoms with Gasteiger partial charge in [0.25, 0.3) is 0 Å². The predicted molar refractivity (Wildman–Crippen MR) is 92.2 cm³/mol. The van der Waals surface area contributed by atoms with Crippen molar-refractivity contribution in [2.45, 2.75) is 11.8 Å². The second-order valence-electron chi connectivity index (χ2n) is 4.19. The Morgan fingerprint density at radius 2 is 2.05 bits per heavy atom. The van der Waals surface area contributed by atoms with Gasteiger partial charge in [0.05, 0.1) is 12.5 Å². The summed E-state index contributed by atoms with van der Waals surface area (Å²) < 4.78 is 7.47. The van der Waals surface area contributed by atoms with Crippen LogP contribution in [0.15, 0.2) is 46.9 Å². The summed E-state index contributed by atoms with van der Waals surface area (Å²) in [4.78, 5) is 0. The Morgan fingerprint density at radius 1 is 1.26 bits per heavy atom. The van der Waals surface area contributed by atoms with Crippen LogP contribution in [0.25, 0.3) is 0 Å². The highest BCUT2D eigenvalue weighted by atomic mass is 127. The smallest absolute Gasteiger partial charge is 0.119 e. The second-order valence-corrected chi connectivity index (χ2v) is 6.79. The van der Waals surface area contributed by atoms with Crippen LogP contribution in [0.3, 0.4) is 0 Å². The van der Waals surface area contributed by atoms with E-state index in [4.69, 9.17) is 16.3 Å². The first-order valence-electron chi connectivity index (χ1n) is 5.82. The average molecular weight is 452 g/mol. The molecule has 0 amide bonds. The van der Waals surface area contributed by atoms with E-state index in [2.05, 4.69) is 56.7 Å². The van der Waals surface area contributed by atoms with Crippen molar-refractivity contribution in [2.75, 3.05) is 7.11 Å². The molecule has 0 saturated carbocycles. The molecular formula is C15H13BrClIO. The van der Waals surface area contributed by atoms with Crippen LogP contribution >= 0.6 is 50.1 Å². The molecule has 1 unspecified atom stereocenters. The summed E-state index contributed by atoms with van der Waals surface area (Å²) in [5, 5.41) is -0.0449. The second kappa shape index (κ2) is 6.95. The van der Waals surface area contributed by atoms with Crippen molar-refractivity contribution in [2.24, 2.45) is 0 Å². The molecule has 2 aromatic rings. The summed E-state index contributed by atoms with van der Waals surface area (Å²) in [7, 11) is 1.68. The van der Waals surface area contributed by atoms with Gasteiger partial charge in [-0.2, -0.15) is 0 Å². The summed E-state index contributed by atoms with van der Waals surface area (Å²) in [5.74, 6) is 0.866. The van der Waals surface area contributed by atoms with E-state index in [-0.39, 0.29) is 5.38 Å². The number of benzene rings is 2. The van der Waals surface area contributed by atoms with Crippen molar-refractivity contribution in [1.82, 2.24) is 0 Å². The first-order chi connectivity index (χ1) is 9.10. The molecule has 19 heavy (non-hydrogen) atoms. The zero-order valence-electron chi connectivity index (χ0n) is 10.4. The Labute approximate surface area is 140 Å². The molecule has 0 fully saturated rings. The van der Waals surface area contributed by atoms with Gasteiger partial charge in [-0.05, 0) is 70.5 Å². The van der Waals surface area contributed by atoms with Gasteiger partial charge in [-0.15, -0.1) is 11.6 Å². The van der Waals surface area contributed by atoms with Gasteiger partial charge in [-0.3, -0.25) is 0 Å². The van der Waals surface area contributed by atoms with Crippen LogP contribution in [-0.4, -0.2) is 7.11 Å². The van der Waals surface area contributed by atoms with Crippen molar-refractivity contribution >= 4 is 50.1 Å². The van der Waals surface area contributed by atoms with Gasteiger partial charge in [0.15, 0.2) is 0 Å². The van der Waals surface area contributed by atoms with Gasteiger partial charge in [-0.25, -0.2) is 0 Å². The third kappa shape index (κ3) is 4.10. The fourth-order valence-corrected chi connectivity index (χ4v) is 3.50. The van der Waals surface area contributed by atoms with Gasteiger partial charge in [0.1, 0.15) is 5.75 Å². The fourth-order valence-electron chi connectivity index (χ4n) is 1.87. The molecule has 1 atom stereocenters. The number of hydrogen-bond donors (Lipinski definition) is 0. The molecule has 0 bridgehead atoms. The van der Waals surface area contributed by atoms with Crippen LogP contribution in [0.1, 0.15) is 16.5 Å². The number of rotatable bonds is 4. The first-order valence-corrected chi connectivity index (χ1v) is 8.13. The molecular weight excluding hydrogens is 438 g/mol. The number of hydrogen-bond acceptors (Lipinski definition) is 1. The van der Waals surface area contributed by atoms with E-state index in [1.807, 2.05) is 24.3 Å². The van der Waals surface area contributed by atoms with Crippen LogP contribution in [0.5, 0.6) is 5.75 Å². The summed E-state index contributed by atoms with van der Waals surface area (Å²) >= 11 is 12.4. The van der Waals surface area contributed by atoms with E-state index in [1.165, 1.54) is 9.13 Å². The zero-order chi connectivity index (χ0) is 13.8. The molecule has 0 aliphatic heterocycles. The maximum atomic E-state index is 6.55. The lowest BCUT2D eigenvalue weighted by Gasteiger charge is -2.13. The number of halogens is 3. The van der Waals surface area contributed by atoms with E-state index in [0.717, 1.165) is 22.2 Å². The predicted octanol–water partition coefficient (Wildman–Crippen LogP) is 5.58. The SMILES string of the molecule is COc1cccc(CC(Cl)c2cc(Br)ccc2I)c1. The fraction of sp³-hybridized carbons (Fsp3) is 0.200. The Morgan fingerprint density at radius 3 is 2.79 bits per heavy atom. The minimum atomic E-state index is -0.0449. The highest BCUT2D eigenvalue weighted by molar-refractivity contribution is 14.1. The molecule has 100 valence electrons. The van der Waals surface area contributed by atoms with E-state index in [0.29, 0.717) is 0 Å². The highest BCUT2D eigenvalue weighted by Crippen LogP contribution is 2.31. The van der Waals surface area contributed by atoms with Gasteiger partial charge in [-0.1, -0.05) is 28.1 Å². The van der Waals surface area contributed by atoms with Crippen LogP contribution in [-0.2, 0) is 6.42 Å². The molecule has 1 nitrogen and oxygen atoms in total. The Hall–Kier alpha value is -0.260. The van der Waals surface area contributed by atoms with E-state index in [9.17, 15) is 0 Å². The normalized spacial score (nSPS) is 12.2. The number of alkyl halides is 1. The molecule has 0 N–H and O–H groups in total. The molecule has 0 aromatic heterocycles. The maximum Gasteiger partial charge on any atom is 0.119 e. The largest absolute Gasteiger partial charge is 0.497 e. The molecule has 0 heterocycles. The van der Waals surface area contributed by atoms with Crippen LogP contribution in [0, 0.1) is 3.57 Å². The molecule has 0 aliphatic rings. The van der Waals surface area contributed by atoms with Crippen LogP contribution < -0.4 is 4.74 Å². The lowest BCUT2D eigenvalue weighted by molar-refractivity contribution is 0.414. The van der Waals surface area contributed by atoms with Crippen molar-refractivity contribution in [1.29, 1.82) is 0 Å². The summed E-state index contributed by atoms with van der Waals surface area (Å²) in [6.45, 7) is 0. The number of ether oxygens (including phenoxy) is 1. The number of methoxy groups -OCH3 is 1. The molecule has 0 spiro atoms. The third-order valence-electron chi connectivity index (χ3n) is 2.84. The highest BCUT2D eigenvalue weighted by Gasteiger charge is 2.13. The topological polar surface area (TPSA) is 9.23 Å². The van der Waals surface area contributed by atoms with Crippen LogP contribution in [0.4, 0.5) is 0 Å². The summed E-state index contributed by atoms with van der Waals surface area (Å²) in [5.41, 5.74) is 2.33. The van der Waals surface area contributed by atoms with Gasteiger partial charge in [0.2, 0.25) is 0 Å². The van der Waals surface area contributed by atoms with Gasteiger partial charge >= 0.3 is 0 Å². The van der Waals surface area contributed by atoms with Gasteiger partial charge < -0.3 is 4.74 Å². The van der Waals surface area contributed by atoms with Crippen molar-refractivity contribution in [3.63, 3.8) is 0 Å². The standard InChI is InChI=1S/C15H13BrClIO/c1-19-12-4-2-3-10(7-12)8-14(17)13-9-11(16)5-6-15(13)18/h2-7,9,14H,8H2,1H3. The van der Waals surface area contributed by atoms with E-state index < -0.39 is 0 Å². The minimum absolute atomic E-state index is 0.0449. The molecule has 2 aromatic carbocycles. The average Bonchev–Trinajstić information content (AvgIpc) is 2.41. The molecule has 4 heteroatoms. The quantitative estimate of drug-likeness (QED) is 0.435. The third-order valence-corrected chi connectivity index (χ3v) is 4.71. The molecule has 0 radical (unpaired) electrons. The lowest BCUT2D eigenvalue weighted by Crippen LogP contribution is -1.99. The maximum absolute atomic E-state index is 6.55. The lowest BCUT2D eigenvalue weighted by atomic mass is 10.0. The van der Waals surface area contributed by atoms with Crippen molar-refractivity contribution in [3.8, 4) is 5.75 Å². The summed E-state index contributed by atoms with van der Waals surface area (Å²) in [6.07, 6.45) is 0.783. The molecule has 0 saturated heterocycles. The molecule has 2 rings (SSSR count). The minimum Gasteiger partial charge on any atom is -0.497 e. The van der Waals surface area contributed by atoms with E-state index in [1.54, 1.807) is 7.11 Å². The Bertz CT molecular complexity index is 574. The summed E-state index contributed by atoms with van der Waals surface area (Å²) in [6, 6.07) is 14.2. The Balaban J connectivity index is 2.20. The van der Waals surface area contributed by atoms with E-state index >= 15 is 0 Å². The zero-order valence-corrected chi connectivity index (χ0v) is 14.9. The van der Waals surface area contributed by atoms with Crippen LogP contribution in [0.2, 0.25) is 0 Å². The van der Waals surface area contributed by atoms with Crippen molar-refractivity contribution in [3.05, 3.63) is 61.6 Å². The van der Waals surface area contributed by atoms with Crippen molar-refractivity contribution < 1.29 is 4.74 Å². The Kier molecular flexibility index (Phi) is 5.54. The van der Waals surface area contributed by atoms with Gasteiger partial charge in [0, 0.05) is 8.04 Å². The first kappa shape index (κ1) is 15.1. The molecule has 0 aliphatic carbocycles.